The Morgan fingerprint density at radius 3 is 2.54 bits per heavy atom. The fourth-order valence-corrected chi connectivity index (χ4v) is 2.65. The molecule has 0 fully saturated rings. The summed E-state index contributed by atoms with van der Waals surface area (Å²) >= 11 is 0. The van der Waals surface area contributed by atoms with E-state index in [4.69, 9.17) is 10.5 Å². The number of carbonyl (C=O) groups is 2. The topological polar surface area (TPSA) is 81.4 Å². The number of nitrogens with one attached hydrogen (secondary N) is 1. The first-order valence-electron chi connectivity index (χ1n) is 8.79. The predicted molar refractivity (Wildman–Crippen MR) is 102 cm³/mol. The maximum Gasteiger partial charge on any atom is 0.252 e. The van der Waals surface area contributed by atoms with E-state index in [0.29, 0.717) is 17.9 Å². The van der Waals surface area contributed by atoms with Crippen LogP contribution in [0.25, 0.3) is 0 Å². The highest BCUT2D eigenvalue weighted by Gasteiger charge is 2.24. The van der Waals surface area contributed by atoms with Crippen molar-refractivity contribution in [3.63, 3.8) is 0 Å². The minimum Gasteiger partial charge on any atom is -0.489 e. The van der Waals surface area contributed by atoms with Crippen LogP contribution in [0.2, 0.25) is 0 Å². The molecule has 0 aliphatic rings. The molecule has 26 heavy (non-hydrogen) atoms. The van der Waals surface area contributed by atoms with Crippen LogP contribution in [0.15, 0.2) is 48.5 Å². The van der Waals surface area contributed by atoms with Crippen LogP contribution in [0.4, 0.5) is 0 Å². The summed E-state index contributed by atoms with van der Waals surface area (Å²) in [5, 5.41) is 2.72. The summed E-state index contributed by atoms with van der Waals surface area (Å²) in [5.74, 6) is -0.301. The Hall–Kier alpha value is -2.82. The summed E-state index contributed by atoms with van der Waals surface area (Å²) in [6, 6.07) is 14.3. The molecule has 2 aromatic rings. The van der Waals surface area contributed by atoms with Crippen molar-refractivity contribution in [2.45, 2.75) is 39.8 Å². The van der Waals surface area contributed by atoms with Gasteiger partial charge in [-0.25, -0.2) is 0 Å². The number of aryl methyl sites for hydroxylation is 1. The number of benzene rings is 2. The van der Waals surface area contributed by atoms with Gasteiger partial charge in [-0.2, -0.15) is 0 Å². The van der Waals surface area contributed by atoms with Crippen LogP contribution >= 0.6 is 0 Å². The minimum absolute atomic E-state index is 0.0304. The van der Waals surface area contributed by atoms with Gasteiger partial charge in [0.2, 0.25) is 5.91 Å². The first-order chi connectivity index (χ1) is 12.4. The maximum absolute atomic E-state index is 12.5. The van der Waals surface area contributed by atoms with E-state index in [1.807, 2.05) is 39.0 Å². The molecule has 2 unspecified atom stereocenters. The molecule has 0 aliphatic carbocycles. The molecule has 2 aromatic carbocycles. The smallest absolute Gasteiger partial charge is 0.252 e. The molecule has 0 spiro atoms. The van der Waals surface area contributed by atoms with Gasteiger partial charge in [-0.3, -0.25) is 9.59 Å². The zero-order chi connectivity index (χ0) is 19.1. The molecule has 0 heterocycles. The van der Waals surface area contributed by atoms with Crippen molar-refractivity contribution in [2.75, 3.05) is 0 Å². The third kappa shape index (κ3) is 5.34. The summed E-state index contributed by atoms with van der Waals surface area (Å²) < 4.78 is 5.79. The standard InChI is InChI=1S/C21H26N2O3/c1-4-15(3)19(20(22)24)23-21(25)17-9-6-10-18(12-17)26-13-16-8-5-7-14(2)11-16/h5-12,15,19H,4,13H2,1-3H3,(H2,22,24)(H,23,25). The van der Waals surface area contributed by atoms with Crippen LogP contribution in [-0.2, 0) is 11.4 Å². The van der Waals surface area contributed by atoms with Crippen molar-refractivity contribution >= 4 is 11.8 Å². The summed E-state index contributed by atoms with van der Waals surface area (Å²) in [6.07, 6.45) is 0.744. The monoisotopic (exact) mass is 354 g/mol. The first-order valence-corrected chi connectivity index (χ1v) is 8.79. The highest BCUT2D eigenvalue weighted by Crippen LogP contribution is 2.17. The van der Waals surface area contributed by atoms with Gasteiger partial charge in [-0.15, -0.1) is 0 Å². The Balaban J connectivity index is 2.05. The second kappa shape index (κ2) is 9.04. The second-order valence-corrected chi connectivity index (χ2v) is 6.54. The van der Waals surface area contributed by atoms with Gasteiger partial charge in [0, 0.05) is 5.56 Å². The molecule has 0 aromatic heterocycles. The zero-order valence-electron chi connectivity index (χ0n) is 15.5. The number of nitrogens with two attached hydrogens (primary N) is 1. The number of amides is 2. The lowest BCUT2D eigenvalue weighted by Gasteiger charge is -2.21. The van der Waals surface area contributed by atoms with Crippen LogP contribution in [0.1, 0.15) is 41.8 Å². The fraction of sp³-hybridized carbons (Fsp3) is 0.333. The Kier molecular flexibility index (Phi) is 6.78. The van der Waals surface area contributed by atoms with Gasteiger partial charge >= 0.3 is 0 Å². The third-order valence-electron chi connectivity index (χ3n) is 4.39. The molecule has 3 N–H and O–H groups in total. The van der Waals surface area contributed by atoms with Gasteiger partial charge < -0.3 is 15.8 Å². The van der Waals surface area contributed by atoms with Crippen LogP contribution < -0.4 is 15.8 Å². The molecule has 2 atom stereocenters. The van der Waals surface area contributed by atoms with Crippen molar-refractivity contribution in [2.24, 2.45) is 11.7 Å². The van der Waals surface area contributed by atoms with Gasteiger partial charge in [-0.05, 0) is 36.6 Å². The van der Waals surface area contributed by atoms with E-state index in [1.54, 1.807) is 24.3 Å². The lowest BCUT2D eigenvalue weighted by atomic mass is 9.98. The lowest BCUT2D eigenvalue weighted by Crippen LogP contribution is -2.48. The van der Waals surface area contributed by atoms with E-state index >= 15 is 0 Å². The van der Waals surface area contributed by atoms with E-state index in [9.17, 15) is 9.59 Å². The van der Waals surface area contributed by atoms with Crippen molar-refractivity contribution < 1.29 is 14.3 Å². The number of rotatable bonds is 8. The Morgan fingerprint density at radius 2 is 1.88 bits per heavy atom. The summed E-state index contributed by atoms with van der Waals surface area (Å²) in [7, 11) is 0. The number of hydrogen-bond donors (Lipinski definition) is 2. The summed E-state index contributed by atoms with van der Waals surface area (Å²) in [4.78, 5) is 24.1. The van der Waals surface area contributed by atoms with Crippen molar-refractivity contribution in [3.8, 4) is 5.75 Å². The van der Waals surface area contributed by atoms with Gasteiger partial charge in [0.05, 0.1) is 0 Å². The fourth-order valence-electron chi connectivity index (χ4n) is 2.65. The average Bonchev–Trinajstić information content (AvgIpc) is 2.63. The molecule has 0 radical (unpaired) electrons. The Bertz CT molecular complexity index is 773. The van der Waals surface area contributed by atoms with Crippen molar-refractivity contribution in [3.05, 3.63) is 65.2 Å². The van der Waals surface area contributed by atoms with E-state index in [0.717, 1.165) is 12.0 Å². The second-order valence-electron chi connectivity index (χ2n) is 6.54. The highest BCUT2D eigenvalue weighted by atomic mass is 16.5. The molecular weight excluding hydrogens is 328 g/mol. The van der Waals surface area contributed by atoms with E-state index in [2.05, 4.69) is 11.4 Å². The number of carbonyl (C=O) groups excluding carboxylic acids is 2. The van der Waals surface area contributed by atoms with Crippen LogP contribution in [0.5, 0.6) is 5.75 Å². The first kappa shape index (κ1) is 19.5. The molecule has 0 aliphatic heterocycles. The Morgan fingerprint density at radius 1 is 1.15 bits per heavy atom. The number of hydrogen-bond acceptors (Lipinski definition) is 3. The van der Waals surface area contributed by atoms with Crippen LogP contribution in [0.3, 0.4) is 0 Å². The SMILES string of the molecule is CCC(C)C(NC(=O)c1cccc(OCc2cccc(C)c2)c1)C(N)=O. The van der Waals surface area contributed by atoms with Crippen molar-refractivity contribution in [1.29, 1.82) is 0 Å². The van der Waals surface area contributed by atoms with E-state index < -0.39 is 11.9 Å². The molecule has 0 bridgehead atoms. The maximum atomic E-state index is 12.5. The summed E-state index contributed by atoms with van der Waals surface area (Å²) in [6.45, 7) is 6.29. The van der Waals surface area contributed by atoms with Crippen LogP contribution in [-0.4, -0.2) is 17.9 Å². The van der Waals surface area contributed by atoms with E-state index in [-0.39, 0.29) is 11.8 Å². The normalized spacial score (nSPS) is 12.9. The van der Waals surface area contributed by atoms with Crippen LogP contribution in [0, 0.1) is 12.8 Å². The third-order valence-corrected chi connectivity index (χ3v) is 4.39. The number of ether oxygens (including phenoxy) is 1. The Labute approximate surface area is 154 Å². The minimum atomic E-state index is -0.690. The van der Waals surface area contributed by atoms with Gasteiger partial charge in [0.1, 0.15) is 18.4 Å². The average molecular weight is 354 g/mol. The van der Waals surface area contributed by atoms with Gasteiger partial charge in [-0.1, -0.05) is 56.2 Å². The largest absolute Gasteiger partial charge is 0.489 e. The van der Waals surface area contributed by atoms with Crippen molar-refractivity contribution in [1.82, 2.24) is 5.32 Å². The van der Waals surface area contributed by atoms with Gasteiger partial charge in [0.15, 0.2) is 0 Å². The molecule has 2 amide bonds. The molecule has 0 saturated carbocycles. The quantitative estimate of drug-likeness (QED) is 0.764. The summed E-state index contributed by atoms with van der Waals surface area (Å²) in [5.41, 5.74) is 8.08. The molecular formula is C21H26N2O3. The number of primary amides is 1. The molecule has 5 heteroatoms. The predicted octanol–water partition coefficient (Wildman–Crippen LogP) is 3.20. The van der Waals surface area contributed by atoms with Gasteiger partial charge in [0.25, 0.3) is 5.91 Å². The highest BCUT2D eigenvalue weighted by molar-refractivity contribution is 5.97. The molecule has 5 nitrogen and oxygen atoms in total. The molecule has 138 valence electrons. The molecule has 2 rings (SSSR count). The lowest BCUT2D eigenvalue weighted by molar-refractivity contribution is -0.120. The zero-order valence-corrected chi connectivity index (χ0v) is 15.5. The van der Waals surface area contributed by atoms with E-state index in [1.165, 1.54) is 5.56 Å². The molecule has 0 saturated heterocycles.